The predicted octanol–water partition coefficient (Wildman–Crippen LogP) is 4.15. The van der Waals surface area contributed by atoms with Gasteiger partial charge in [-0.1, -0.05) is 36.0 Å². The molecule has 2 amide bonds. The molecule has 3 rings (SSSR count). The number of anilines is 1. The fourth-order valence-corrected chi connectivity index (χ4v) is 3.98. The molecule has 2 N–H and O–H groups in total. The standard InChI is InChI=1S/C22H20FN3O2S/c1-13-3-4-14(2)19(9-13)25-21(28)12-29-22-18(11-24)17(10-20(27)26-22)15-5-7-16(23)8-6-15/h3-9,17H,10,12H2,1-2H3,(H,25,28)(H,26,27)/t17-/m0/s1. The first kappa shape index (κ1) is 20.6. The zero-order valence-corrected chi connectivity index (χ0v) is 16.9. The van der Waals surface area contributed by atoms with Crippen LogP contribution in [0.3, 0.4) is 0 Å². The second kappa shape index (κ2) is 8.93. The number of allylic oxidation sites excluding steroid dienone is 1. The van der Waals surface area contributed by atoms with Gasteiger partial charge in [-0.3, -0.25) is 9.59 Å². The van der Waals surface area contributed by atoms with E-state index in [9.17, 15) is 19.2 Å². The molecule has 2 aromatic carbocycles. The van der Waals surface area contributed by atoms with E-state index in [1.165, 1.54) is 12.1 Å². The van der Waals surface area contributed by atoms with E-state index in [0.717, 1.165) is 28.6 Å². The largest absolute Gasteiger partial charge is 0.325 e. The Morgan fingerprint density at radius 3 is 2.69 bits per heavy atom. The Balaban J connectivity index is 1.76. The molecule has 0 unspecified atom stereocenters. The lowest BCUT2D eigenvalue weighted by Gasteiger charge is -2.25. The van der Waals surface area contributed by atoms with Crippen LogP contribution in [0.2, 0.25) is 0 Å². The zero-order chi connectivity index (χ0) is 21.0. The van der Waals surface area contributed by atoms with Gasteiger partial charge >= 0.3 is 0 Å². The van der Waals surface area contributed by atoms with E-state index in [1.54, 1.807) is 12.1 Å². The maximum absolute atomic E-state index is 13.2. The second-order valence-corrected chi connectivity index (χ2v) is 7.85. The lowest BCUT2D eigenvalue weighted by Crippen LogP contribution is -2.31. The van der Waals surface area contributed by atoms with E-state index in [0.29, 0.717) is 16.2 Å². The molecule has 0 aromatic heterocycles. The highest BCUT2D eigenvalue weighted by molar-refractivity contribution is 8.03. The van der Waals surface area contributed by atoms with Crippen molar-refractivity contribution < 1.29 is 14.0 Å². The third-order valence-corrected chi connectivity index (χ3v) is 5.66. The molecule has 5 nitrogen and oxygen atoms in total. The van der Waals surface area contributed by atoms with E-state index < -0.39 is 5.92 Å². The number of benzene rings is 2. The maximum atomic E-state index is 13.2. The van der Waals surface area contributed by atoms with Gasteiger partial charge in [0.25, 0.3) is 0 Å². The second-order valence-electron chi connectivity index (χ2n) is 6.87. The van der Waals surface area contributed by atoms with Gasteiger partial charge in [0.2, 0.25) is 11.8 Å². The van der Waals surface area contributed by atoms with E-state index in [2.05, 4.69) is 16.7 Å². The molecule has 29 heavy (non-hydrogen) atoms. The topological polar surface area (TPSA) is 82.0 Å². The number of halogens is 1. The lowest BCUT2D eigenvalue weighted by atomic mass is 9.87. The molecule has 2 aromatic rings. The first-order valence-corrected chi connectivity index (χ1v) is 10.1. The molecule has 1 aliphatic rings. The van der Waals surface area contributed by atoms with Crippen molar-refractivity contribution in [1.82, 2.24) is 5.32 Å². The molecule has 0 aliphatic carbocycles. The Labute approximate surface area is 173 Å². The van der Waals surface area contributed by atoms with Gasteiger partial charge in [0, 0.05) is 18.0 Å². The lowest BCUT2D eigenvalue weighted by molar-refractivity contribution is -0.121. The molecule has 0 saturated carbocycles. The smallest absolute Gasteiger partial charge is 0.234 e. The molecular weight excluding hydrogens is 389 g/mol. The highest BCUT2D eigenvalue weighted by Gasteiger charge is 2.29. The minimum atomic E-state index is -0.459. The van der Waals surface area contributed by atoms with E-state index in [4.69, 9.17) is 0 Å². The van der Waals surface area contributed by atoms with Gasteiger partial charge in [-0.05, 0) is 48.7 Å². The molecule has 7 heteroatoms. The predicted molar refractivity (Wildman–Crippen MR) is 112 cm³/mol. The van der Waals surface area contributed by atoms with Crippen LogP contribution in [-0.2, 0) is 9.59 Å². The number of nitriles is 1. The summed E-state index contributed by atoms with van der Waals surface area (Å²) in [4.78, 5) is 24.6. The van der Waals surface area contributed by atoms with Gasteiger partial charge in [-0.25, -0.2) is 4.39 Å². The van der Waals surface area contributed by atoms with Crippen molar-refractivity contribution in [2.75, 3.05) is 11.1 Å². The number of nitrogens with zero attached hydrogens (tertiary/aromatic N) is 1. The molecule has 0 bridgehead atoms. The van der Waals surface area contributed by atoms with Crippen LogP contribution in [0.15, 0.2) is 53.1 Å². The highest BCUT2D eigenvalue weighted by Crippen LogP contribution is 2.36. The first-order valence-electron chi connectivity index (χ1n) is 9.07. The van der Waals surface area contributed by atoms with Crippen LogP contribution in [0.25, 0.3) is 0 Å². The van der Waals surface area contributed by atoms with Crippen LogP contribution in [0, 0.1) is 31.0 Å². The van der Waals surface area contributed by atoms with Crippen LogP contribution in [-0.4, -0.2) is 17.6 Å². The number of carbonyl (C=O) groups is 2. The average Bonchev–Trinajstić information content (AvgIpc) is 2.69. The maximum Gasteiger partial charge on any atom is 0.234 e. The normalized spacial score (nSPS) is 16.2. The van der Waals surface area contributed by atoms with Crippen molar-refractivity contribution in [2.45, 2.75) is 26.2 Å². The number of hydrogen-bond donors (Lipinski definition) is 2. The summed E-state index contributed by atoms with van der Waals surface area (Å²) in [5.41, 5.74) is 3.79. The van der Waals surface area contributed by atoms with E-state index in [1.807, 2.05) is 32.0 Å². The fraction of sp³-hybridized carbons (Fsp3) is 0.227. The summed E-state index contributed by atoms with van der Waals surface area (Å²) in [7, 11) is 0. The summed E-state index contributed by atoms with van der Waals surface area (Å²) in [5, 5.41) is 15.6. The number of rotatable bonds is 5. The van der Waals surface area contributed by atoms with Crippen molar-refractivity contribution in [3.05, 3.63) is 75.6 Å². The van der Waals surface area contributed by atoms with Gasteiger partial charge in [0.1, 0.15) is 5.82 Å². The quantitative estimate of drug-likeness (QED) is 0.777. The summed E-state index contributed by atoms with van der Waals surface area (Å²) in [5.74, 6) is -1.26. The Morgan fingerprint density at radius 1 is 1.28 bits per heavy atom. The summed E-state index contributed by atoms with van der Waals surface area (Å²) in [6.45, 7) is 3.86. The van der Waals surface area contributed by atoms with Gasteiger partial charge in [0.05, 0.1) is 22.4 Å². The Hall–Kier alpha value is -3.11. The van der Waals surface area contributed by atoms with Crippen LogP contribution in [0.4, 0.5) is 10.1 Å². The number of amides is 2. The molecule has 0 radical (unpaired) electrons. The van der Waals surface area contributed by atoms with Crippen molar-refractivity contribution in [2.24, 2.45) is 0 Å². The summed E-state index contributed by atoms with van der Waals surface area (Å²) in [6.07, 6.45) is 0.104. The van der Waals surface area contributed by atoms with Gasteiger partial charge in [-0.15, -0.1) is 0 Å². The monoisotopic (exact) mass is 409 g/mol. The van der Waals surface area contributed by atoms with Crippen molar-refractivity contribution in [1.29, 1.82) is 5.26 Å². The molecule has 0 saturated heterocycles. The number of thioether (sulfide) groups is 1. The van der Waals surface area contributed by atoms with Crippen molar-refractivity contribution in [3.63, 3.8) is 0 Å². The summed E-state index contributed by atoms with van der Waals surface area (Å²) in [6, 6.07) is 13.7. The Bertz CT molecular complexity index is 1030. The number of nitrogens with one attached hydrogen (secondary N) is 2. The zero-order valence-electron chi connectivity index (χ0n) is 16.1. The van der Waals surface area contributed by atoms with E-state index in [-0.39, 0.29) is 29.8 Å². The van der Waals surface area contributed by atoms with Crippen LogP contribution >= 0.6 is 11.8 Å². The summed E-state index contributed by atoms with van der Waals surface area (Å²) >= 11 is 1.11. The number of hydrogen-bond acceptors (Lipinski definition) is 4. The molecule has 1 atom stereocenters. The van der Waals surface area contributed by atoms with Crippen molar-refractivity contribution in [3.8, 4) is 6.07 Å². The van der Waals surface area contributed by atoms with Crippen LogP contribution < -0.4 is 10.6 Å². The molecule has 0 fully saturated rings. The summed E-state index contributed by atoms with van der Waals surface area (Å²) < 4.78 is 13.2. The third-order valence-electron chi connectivity index (χ3n) is 4.64. The SMILES string of the molecule is Cc1ccc(C)c(NC(=O)CSC2=C(C#N)[C@H](c3ccc(F)cc3)CC(=O)N2)c1. The van der Waals surface area contributed by atoms with Crippen molar-refractivity contribution >= 4 is 29.3 Å². The minimum Gasteiger partial charge on any atom is -0.325 e. The Kier molecular flexibility index (Phi) is 6.35. The Morgan fingerprint density at radius 2 is 2.00 bits per heavy atom. The van der Waals surface area contributed by atoms with Crippen LogP contribution in [0.5, 0.6) is 0 Å². The minimum absolute atomic E-state index is 0.0459. The van der Waals surface area contributed by atoms with Gasteiger partial charge < -0.3 is 10.6 Å². The van der Waals surface area contributed by atoms with Gasteiger partial charge in [-0.2, -0.15) is 5.26 Å². The molecule has 1 heterocycles. The van der Waals surface area contributed by atoms with Gasteiger partial charge in [0.15, 0.2) is 0 Å². The molecule has 148 valence electrons. The van der Waals surface area contributed by atoms with Crippen LogP contribution in [0.1, 0.15) is 29.0 Å². The number of aryl methyl sites for hydroxylation is 2. The first-order chi connectivity index (χ1) is 13.9. The highest BCUT2D eigenvalue weighted by atomic mass is 32.2. The third kappa shape index (κ3) is 5.04. The molecule has 1 aliphatic heterocycles. The molecule has 0 spiro atoms. The number of carbonyl (C=O) groups excluding carboxylic acids is 2. The molecular formula is C22H20FN3O2S. The average molecular weight is 409 g/mol. The fourth-order valence-electron chi connectivity index (χ4n) is 3.11. The van der Waals surface area contributed by atoms with E-state index >= 15 is 0 Å².